The third-order valence-electron chi connectivity index (χ3n) is 10.2. The smallest absolute Gasteiger partial charge is 0.307 e. The first kappa shape index (κ1) is 26.7. The molecular weight excluding hydrogens is 492 g/mol. The molecular formula is C29H36O9. The zero-order valence-corrected chi connectivity index (χ0v) is 22.7. The van der Waals surface area contributed by atoms with Crippen LogP contribution in [0.15, 0.2) is 34.7 Å². The average molecular weight is 529 g/mol. The van der Waals surface area contributed by atoms with Crippen LogP contribution < -0.4 is 0 Å². The number of cyclic esters (lactones) is 1. The number of aliphatic hydroxyl groups is 1. The van der Waals surface area contributed by atoms with Crippen molar-refractivity contribution < 1.29 is 42.9 Å². The highest BCUT2D eigenvalue weighted by Gasteiger charge is 2.73. The van der Waals surface area contributed by atoms with E-state index in [0.29, 0.717) is 12.8 Å². The number of methoxy groups -OCH3 is 1. The second kappa shape index (κ2) is 8.53. The van der Waals surface area contributed by atoms with E-state index in [9.17, 15) is 24.3 Å². The average Bonchev–Trinajstić information content (AvgIpc) is 3.38. The zero-order chi connectivity index (χ0) is 27.8. The van der Waals surface area contributed by atoms with E-state index < -0.39 is 57.7 Å². The summed E-state index contributed by atoms with van der Waals surface area (Å²) in [5.74, 6) is -3.22. The van der Waals surface area contributed by atoms with Crippen LogP contribution in [0.5, 0.6) is 0 Å². The largest absolute Gasteiger partial charge is 0.472 e. The number of ether oxygens (including phenoxy) is 3. The summed E-state index contributed by atoms with van der Waals surface area (Å²) in [4.78, 5) is 52.1. The predicted octanol–water partition coefficient (Wildman–Crippen LogP) is 3.70. The Morgan fingerprint density at radius 3 is 2.47 bits per heavy atom. The highest BCUT2D eigenvalue weighted by Crippen LogP contribution is 2.68. The van der Waals surface area contributed by atoms with Crippen molar-refractivity contribution in [2.24, 2.45) is 34.0 Å². The second-order valence-corrected chi connectivity index (χ2v) is 12.5. The van der Waals surface area contributed by atoms with Crippen LogP contribution in [0.4, 0.5) is 0 Å². The van der Waals surface area contributed by atoms with Gasteiger partial charge in [0, 0.05) is 35.2 Å². The number of carbonyl (C=O) groups excluding carboxylic acids is 4. The number of fused-ring (bicyclic) bond motifs is 6. The van der Waals surface area contributed by atoms with Crippen LogP contribution in [0.3, 0.4) is 0 Å². The molecule has 2 heterocycles. The van der Waals surface area contributed by atoms with E-state index >= 15 is 0 Å². The van der Waals surface area contributed by atoms with Gasteiger partial charge in [-0.3, -0.25) is 19.2 Å². The Balaban J connectivity index is 1.71. The molecule has 1 aromatic heterocycles. The molecule has 2 bridgehead atoms. The Kier molecular flexibility index (Phi) is 5.98. The SMILES string of the molecule is COC(=O)C[C@H]1C(C)(C)[C@H](OC(C)=O)[C@@]2(O)C=C3[C@@H]4CC(=O)O[C@@H](c5ccoc5)[C@]4(C)CC[C@@H]3[C@]1(C)C2=O. The summed E-state index contributed by atoms with van der Waals surface area (Å²) in [6.45, 7) is 8.76. The molecule has 0 spiro atoms. The van der Waals surface area contributed by atoms with Crippen molar-refractivity contribution in [3.63, 3.8) is 0 Å². The molecule has 2 saturated carbocycles. The molecule has 0 unspecified atom stereocenters. The summed E-state index contributed by atoms with van der Waals surface area (Å²) in [6.07, 6.45) is 4.16. The van der Waals surface area contributed by atoms with Gasteiger partial charge in [0.15, 0.2) is 11.4 Å². The van der Waals surface area contributed by atoms with E-state index in [4.69, 9.17) is 18.6 Å². The molecule has 8 atom stereocenters. The van der Waals surface area contributed by atoms with Crippen molar-refractivity contribution in [2.45, 2.75) is 78.1 Å². The minimum Gasteiger partial charge on any atom is -0.472 e. The van der Waals surface area contributed by atoms with Crippen LogP contribution >= 0.6 is 0 Å². The molecule has 1 N–H and O–H groups in total. The summed E-state index contributed by atoms with van der Waals surface area (Å²) in [7, 11) is 1.30. The van der Waals surface area contributed by atoms with E-state index in [1.165, 1.54) is 20.3 Å². The summed E-state index contributed by atoms with van der Waals surface area (Å²) in [5, 5.41) is 12.2. The van der Waals surface area contributed by atoms with Crippen LogP contribution in [0, 0.1) is 34.0 Å². The van der Waals surface area contributed by atoms with Crippen molar-refractivity contribution >= 4 is 23.7 Å². The van der Waals surface area contributed by atoms with E-state index in [1.807, 2.05) is 20.8 Å². The maximum Gasteiger partial charge on any atom is 0.307 e. The quantitative estimate of drug-likeness (QED) is 0.353. The summed E-state index contributed by atoms with van der Waals surface area (Å²) in [5.41, 5.74) is -3.22. The van der Waals surface area contributed by atoms with Crippen LogP contribution in [0.2, 0.25) is 0 Å². The van der Waals surface area contributed by atoms with Gasteiger partial charge in [-0.25, -0.2) is 0 Å². The third kappa shape index (κ3) is 3.46. The van der Waals surface area contributed by atoms with Gasteiger partial charge >= 0.3 is 17.9 Å². The molecule has 3 aliphatic carbocycles. The molecule has 1 aliphatic heterocycles. The van der Waals surface area contributed by atoms with Crippen LogP contribution in [0.25, 0.3) is 0 Å². The number of furan rings is 1. The van der Waals surface area contributed by atoms with Gasteiger partial charge in [-0.15, -0.1) is 0 Å². The van der Waals surface area contributed by atoms with Crippen LogP contribution in [0.1, 0.15) is 72.0 Å². The van der Waals surface area contributed by atoms with Gasteiger partial charge in [0.2, 0.25) is 0 Å². The summed E-state index contributed by atoms with van der Waals surface area (Å²) >= 11 is 0. The first-order valence-corrected chi connectivity index (χ1v) is 13.2. The number of carbonyl (C=O) groups is 4. The lowest BCUT2D eigenvalue weighted by Crippen LogP contribution is -2.74. The molecule has 38 heavy (non-hydrogen) atoms. The van der Waals surface area contributed by atoms with Crippen molar-refractivity contribution in [3.8, 4) is 0 Å². The molecule has 1 aromatic rings. The molecule has 3 fully saturated rings. The number of hydrogen-bond acceptors (Lipinski definition) is 9. The molecule has 206 valence electrons. The molecule has 9 nitrogen and oxygen atoms in total. The molecule has 1 saturated heterocycles. The summed E-state index contributed by atoms with van der Waals surface area (Å²) in [6, 6.07) is 1.78. The van der Waals surface area contributed by atoms with Gasteiger partial charge in [-0.2, -0.15) is 0 Å². The lowest BCUT2D eigenvalue weighted by atomic mass is 9.39. The normalized spacial score (nSPS) is 41.2. The monoisotopic (exact) mass is 528 g/mol. The highest BCUT2D eigenvalue weighted by atomic mass is 16.6. The molecule has 4 aliphatic rings. The minimum atomic E-state index is -2.12. The number of ketones is 1. The number of rotatable bonds is 4. The first-order valence-electron chi connectivity index (χ1n) is 13.2. The number of Topliss-reactive ketones (excluding diaryl/α,β-unsaturated/α-hetero) is 1. The lowest BCUT2D eigenvalue weighted by Gasteiger charge is -2.65. The van der Waals surface area contributed by atoms with Gasteiger partial charge in [0.1, 0.15) is 12.2 Å². The Morgan fingerprint density at radius 1 is 1.16 bits per heavy atom. The first-order chi connectivity index (χ1) is 17.7. The fourth-order valence-corrected chi connectivity index (χ4v) is 8.45. The number of hydrogen-bond donors (Lipinski definition) is 1. The molecule has 0 aromatic carbocycles. The molecule has 0 amide bonds. The van der Waals surface area contributed by atoms with Gasteiger partial charge in [0.05, 0.1) is 26.1 Å². The van der Waals surface area contributed by atoms with Crippen molar-refractivity contribution in [1.82, 2.24) is 0 Å². The highest BCUT2D eigenvalue weighted by molar-refractivity contribution is 5.99. The Labute approximate surface area is 221 Å². The maximum atomic E-state index is 14.3. The fraction of sp³-hybridized carbons (Fsp3) is 0.655. The number of allylic oxidation sites excluding steroid dienone is 1. The topological polar surface area (TPSA) is 129 Å². The number of esters is 3. The van der Waals surface area contributed by atoms with Crippen molar-refractivity contribution in [2.75, 3.05) is 7.11 Å². The van der Waals surface area contributed by atoms with Gasteiger partial charge < -0.3 is 23.7 Å². The Morgan fingerprint density at radius 2 is 1.87 bits per heavy atom. The van der Waals surface area contributed by atoms with E-state index in [1.54, 1.807) is 18.4 Å². The molecule has 0 radical (unpaired) electrons. The molecule has 9 heteroatoms. The van der Waals surface area contributed by atoms with Crippen molar-refractivity contribution in [1.29, 1.82) is 0 Å². The maximum absolute atomic E-state index is 14.3. The standard InChI is InChI=1S/C29H36O9/c1-15(30)37-25-26(2,3)20(12-21(31)35-6)28(5)18-7-9-27(4)19(17(18)13-29(25,34)24(28)33)11-22(32)38-23(27)16-8-10-36-14-16/h8,10,13-14,18-20,23,25,34H,7,9,11-12H2,1-6H3/t18-,19-,20-,23-,25-,27+,28-,29+/m0/s1. The van der Waals surface area contributed by atoms with Crippen LogP contribution in [-0.4, -0.2) is 47.6 Å². The van der Waals surface area contributed by atoms with E-state index in [0.717, 1.165) is 11.1 Å². The Hall–Kier alpha value is -2.94. The molecule has 5 rings (SSSR count). The van der Waals surface area contributed by atoms with E-state index in [-0.39, 0.29) is 30.6 Å². The van der Waals surface area contributed by atoms with Gasteiger partial charge in [-0.05, 0) is 42.7 Å². The third-order valence-corrected chi connectivity index (χ3v) is 10.2. The minimum absolute atomic E-state index is 0.0784. The Bertz CT molecular complexity index is 1210. The fourth-order valence-electron chi connectivity index (χ4n) is 8.45. The zero-order valence-electron chi connectivity index (χ0n) is 22.7. The lowest BCUT2D eigenvalue weighted by molar-refractivity contribution is -0.224. The second-order valence-electron chi connectivity index (χ2n) is 12.5. The van der Waals surface area contributed by atoms with Crippen LogP contribution in [-0.2, 0) is 33.4 Å². The van der Waals surface area contributed by atoms with Gasteiger partial charge in [0.25, 0.3) is 0 Å². The van der Waals surface area contributed by atoms with Gasteiger partial charge in [-0.1, -0.05) is 33.3 Å². The van der Waals surface area contributed by atoms with Crippen molar-refractivity contribution in [3.05, 3.63) is 35.8 Å². The van der Waals surface area contributed by atoms with E-state index in [2.05, 4.69) is 6.92 Å². The summed E-state index contributed by atoms with van der Waals surface area (Å²) < 4.78 is 21.8. The predicted molar refractivity (Wildman–Crippen MR) is 132 cm³/mol.